The van der Waals surface area contributed by atoms with E-state index in [1.165, 1.54) is 17.5 Å². The van der Waals surface area contributed by atoms with E-state index in [0.717, 1.165) is 70.3 Å². The van der Waals surface area contributed by atoms with E-state index in [2.05, 4.69) is 41.4 Å². The molecule has 1 saturated heterocycles. The standard InChI is InChI=1S/C24H33N3O2/c1-2-28-18-19-12-14-27(17-19)24(25-13-11-23-8-5-15-29-23)26-22-10-9-20-6-3-4-7-21(20)16-22/h3-8,15,19,22H,2,9-14,16-18H2,1H3,(H,25,26). The number of guanidine groups is 1. The highest BCUT2D eigenvalue weighted by Gasteiger charge is 2.27. The number of nitrogens with one attached hydrogen (secondary N) is 1. The summed E-state index contributed by atoms with van der Waals surface area (Å²) in [6.07, 6.45) is 7.11. The van der Waals surface area contributed by atoms with Gasteiger partial charge in [0.05, 0.1) is 12.9 Å². The summed E-state index contributed by atoms with van der Waals surface area (Å²) in [6.45, 7) is 6.52. The second-order valence-electron chi connectivity index (χ2n) is 8.15. The van der Waals surface area contributed by atoms with Crippen molar-refractivity contribution in [1.29, 1.82) is 0 Å². The average molecular weight is 396 g/mol. The van der Waals surface area contributed by atoms with E-state index in [1.54, 1.807) is 6.26 Å². The molecule has 29 heavy (non-hydrogen) atoms. The number of benzene rings is 1. The molecule has 2 unspecified atom stereocenters. The zero-order chi connectivity index (χ0) is 19.9. The van der Waals surface area contributed by atoms with Crippen molar-refractivity contribution in [2.75, 3.05) is 32.8 Å². The Morgan fingerprint density at radius 3 is 2.93 bits per heavy atom. The first-order chi connectivity index (χ1) is 14.3. The maximum Gasteiger partial charge on any atom is 0.194 e. The van der Waals surface area contributed by atoms with Gasteiger partial charge in [0, 0.05) is 44.6 Å². The van der Waals surface area contributed by atoms with Crippen molar-refractivity contribution in [3.8, 4) is 0 Å². The van der Waals surface area contributed by atoms with Gasteiger partial charge in [-0.25, -0.2) is 0 Å². The number of hydrogen-bond acceptors (Lipinski definition) is 3. The molecule has 2 atom stereocenters. The predicted molar refractivity (Wildman–Crippen MR) is 116 cm³/mol. The third-order valence-corrected chi connectivity index (χ3v) is 6.02. The van der Waals surface area contributed by atoms with Crippen LogP contribution in [0.2, 0.25) is 0 Å². The van der Waals surface area contributed by atoms with Gasteiger partial charge in [0.1, 0.15) is 5.76 Å². The van der Waals surface area contributed by atoms with Gasteiger partial charge in [-0.2, -0.15) is 0 Å². The van der Waals surface area contributed by atoms with Gasteiger partial charge in [-0.1, -0.05) is 24.3 Å². The van der Waals surface area contributed by atoms with Gasteiger partial charge in [-0.15, -0.1) is 0 Å². The predicted octanol–water partition coefficient (Wildman–Crippen LogP) is 3.68. The van der Waals surface area contributed by atoms with E-state index >= 15 is 0 Å². The number of aryl methyl sites for hydroxylation is 1. The van der Waals surface area contributed by atoms with Crippen LogP contribution < -0.4 is 5.32 Å². The Labute approximate surface area is 174 Å². The molecule has 1 aromatic carbocycles. The van der Waals surface area contributed by atoms with Gasteiger partial charge < -0.3 is 19.4 Å². The number of hydrogen-bond donors (Lipinski definition) is 1. The van der Waals surface area contributed by atoms with Gasteiger partial charge in [0.25, 0.3) is 0 Å². The Kier molecular flexibility index (Phi) is 6.88. The topological polar surface area (TPSA) is 50.0 Å². The fourth-order valence-electron chi connectivity index (χ4n) is 4.41. The fraction of sp³-hybridized carbons (Fsp3) is 0.542. The molecule has 2 heterocycles. The highest BCUT2D eigenvalue weighted by Crippen LogP contribution is 2.22. The molecule has 5 nitrogen and oxygen atoms in total. The van der Waals surface area contributed by atoms with Crippen LogP contribution in [0.1, 0.15) is 36.7 Å². The second-order valence-corrected chi connectivity index (χ2v) is 8.15. The molecular formula is C24H33N3O2. The maximum atomic E-state index is 5.67. The number of rotatable bonds is 7. The lowest BCUT2D eigenvalue weighted by Gasteiger charge is -2.30. The molecule has 1 aliphatic carbocycles. The third kappa shape index (κ3) is 5.41. The lowest BCUT2D eigenvalue weighted by Crippen LogP contribution is -2.47. The van der Waals surface area contributed by atoms with Crippen molar-refractivity contribution >= 4 is 5.96 Å². The van der Waals surface area contributed by atoms with Crippen LogP contribution in [0.4, 0.5) is 0 Å². The molecule has 0 radical (unpaired) electrons. The molecule has 4 rings (SSSR count). The molecule has 1 fully saturated rings. The van der Waals surface area contributed by atoms with Crippen molar-refractivity contribution < 1.29 is 9.15 Å². The van der Waals surface area contributed by atoms with E-state index < -0.39 is 0 Å². The Morgan fingerprint density at radius 2 is 2.10 bits per heavy atom. The van der Waals surface area contributed by atoms with Gasteiger partial charge in [-0.05, 0) is 55.9 Å². The first-order valence-corrected chi connectivity index (χ1v) is 11.0. The van der Waals surface area contributed by atoms with Crippen LogP contribution in [0, 0.1) is 5.92 Å². The molecule has 1 aromatic heterocycles. The monoisotopic (exact) mass is 395 g/mol. The van der Waals surface area contributed by atoms with Crippen molar-refractivity contribution in [2.24, 2.45) is 10.9 Å². The van der Waals surface area contributed by atoms with E-state index in [1.807, 2.05) is 12.1 Å². The summed E-state index contributed by atoms with van der Waals surface area (Å²) in [5.41, 5.74) is 2.97. The van der Waals surface area contributed by atoms with Crippen molar-refractivity contribution in [3.05, 3.63) is 59.5 Å². The molecule has 5 heteroatoms. The second kappa shape index (κ2) is 9.97. The fourth-order valence-corrected chi connectivity index (χ4v) is 4.41. The summed E-state index contributed by atoms with van der Waals surface area (Å²) in [5.74, 6) is 2.65. The van der Waals surface area contributed by atoms with Crippen LogP contribution in [0.3, 0.4) is 0 Å². The number of aliphatic imine (C=N–C) groups is 1. The molecule has 1 N–H and O–H groups in total. The van der Waals surface area contributed by atoms with E-state index in [4.69, 9.17) is 14.1 Å². The van der Waals surface area contributed by atoms with Crippen LogP contribution in [0.25, 0.3) is 0 Å². The summed E-state index contributed by atoms with van der Waals surface area (Å²) in [4.78, 5) is 7.40. The van der Waals surface area contributed by atoms with Crippen LogP contribution in [0.5, 0.6) is 0 Å². The normalized spacial score (nSPS) is 22.0. The third-order valence-electron chi connectivity index (χ3n) is 6.02. The summed E-state index contributed by atoms with van der Waals surface area (Å²) in [6, 6.07) is 13.2. The highest BCUT2D eigenvalue weighted by molar-refractivity contribution is 5.80. The van der Waals surface area contributed by atoms with E-state index in [-0.39, 0.29) is 0 Å². The van der Waals surface area contributed by atoms with Gasteiger partial charge in [0.2, 0.25) is 0 Å². The number of furan rings is 1. The lowest BCUT2D eigenvalue weighted by atomic mass is 9.88. The first kappa shape index (κ1) is 20.0. The summed E-state index contributed by atoms with van der Waals surface area (Å²) >= 11 is 0. The summed E-state index contributed by atoms with van der Waals surface area (Å²) in [5, 5.41) is 3.80. The minimum absolute atomic E-state index is 0.443. The quantitative estimate of drug-likeness (QED) is 0.574. The highest BCUT2D eigenvalue weighted by atomic mass is 16.5. The molecule has 1 aliphatic heterocycles. The zero-order valence-corrected chi connectivity index (χ0v) is 17.5. The Bertz CT molecular complexity index is 787. The van der Waals surface area contributed by atoms with Crippen molar-refractivity contribution in [3.63, 3.8) is 0 Å². The van der Waals surface area contributed by atoms with Gasteiger partial charge >= 0.3 is 0 Å². The number of ether oxygens (including phenoxy) is 1. The van der Waals surface area contributed by atoms with Crippen LogP contribution in [-0.4, -0.2) is 49.7 Å². The molecular weight excluding hydrogens is 362 g/mol. The minimum atomic E-state index is 0.443. The maximum absolute atomic E-state index is 5.67. The average Bonchev–Trinajstić information content (AvgIpc) is 3.43. The van der Waals surface area contributed by atoms with Crippen molar-refractivity contribution in [2.45, 2.75) is 45.1 Å². The Hall–Kier alpha value is -2.27. The minimum Gasteiger partial charge on any atom is -0.469 e. The first-order valence-electron chi connectivity index (χ1n) is 11.0. The Balaban J connectivity index is 1.40. The van der Waals surface area contributed by atoms with Crippen molar-refractivity contribution in [1.82, 2.24) is 10.2 Å². The molecule has 0 saturated carbocycles. The molecule has 0 amide bonds. The van der Waals surface area contributed by atoms with Gasteiger partial charge in [0.15, 0.2) is 5.96 Å². The number of likely N-dealkylation sites (tertiary alicyclic amines) is 1. The van der Waals surface area contributed by atoms with E-state index in [9.17, 15) is 0 Å². The number of fused-ring (bicyclic) bond motifs is 1. The number of nitrogens with zero attached hydrogens (tertiary/aromatic N) is 2. The largest absolute Gasteiger partial charge is 0.469 e. The van der Waals surface area contributed by atoms with Gasteiger partial charge in [-0.3, -0.25) is 4.99 Å². The lowest BCUT2D eigenvalue weighted by molar-refractivity contribution is 0.114. The SMILES string of the molecule is CCOCC1CCN(C(=NCCc2ccco2)NC2CCc3ccccc3C2)C1. The van der Waals surface area contributed by atoms with E-state index in [0.29, 0.717) is 12.0 Å². The molecule has 0 bridgehead atoms. The van der Waals surface area contributed by atoms with Crippen LogP contribution >= 0.6 is 0 Å². The Morgan fingerprint density at radius 1 is 1.21 bits per heavy atom. The van der Waals surface area contributed by atoms with Crippen LogP contribution in [0.15, 0.2) is 52.1 Å². The summed E-state index contributed by atoms with van der Waals surface area (Å²) < 4.78 is 11.1. The smallest absolute Gasteiger partial charge is 0.194 e. The molecule has 2 aromatic rings. The summed E-state index contributed by atoms with van der Waals surface area (Å²) in [7, 11) is 0. The zero-order valence-electron chi connectivity index (χ0n) is 17.5. The molecule has 156 valence electrons. The molecule has 2 aliphatic rings. The van der Waals surface area contributed by atoms with Crippen LogP contribution in [-0.2, 0) is 24.0 Å². The molecule has 0 spiro atoms.